The molecule has 1 rings (SSSR count). The lowest BCUT2D eigenvalue weighted by molar-refractivity contribution is 0.0931. The molecule has 1 amide bonds. The second kappa shape index (κ2) is 6.55. The van der Waals surface area contributed by atoms with E-state index in [-0.39, 0.29) is 18.6 Å². The average molecular weight is 239 g/mol. The minimum atomic E-state index is -0.0779. The largest absolute Gasteiger partial charge is 0.396 e. The van der Waals surface area contributed by atoms with Crippen molar-refractivity contribution < 1.29 is 9.90 Å². The maximum atomic E-state index is 11.9. The van der Waals surface area contributed by atoms with E-state index in [9.17, 15) is 4.79 Å². The Morgan fingerprint density at radius 2 is 2.19 bits per heavy atom. The van der Waals surface area contributed by atoms with Crippen molar-refractivity contribution in [1.82, 2.24) is 5.32 Å². The van der Waals surface area contributed by atoms with Crippen LogP contribution in [0.2, 0.25) is 0 Å². The summed E-state index contributed by atoms with van der Waals surface area (Å²) in [7, 11) is 0. The molecule has 88 valence electrons. The van der Waals surface area contributed by atoms with Gasteiger partial charge in [0.1, 0.15) is 0 Å². The second-order valence-corrected chi connectivity index (χ2v) is 4.44. The van der Waals surface area contributed by atoms with Crippen molar-refractivity contribution in [3.63, 3.8) is 0 Å². The summed E-state index contributed by atoms with van der Waals surface area (Å²) in [6.45, 7) is 1.97. The number of benzene rings is 1. The molecule has 0 aliphatic carbocycles. The van der Waals surface area contributed by atoms with Crippen LogP contribution in [0.4, 0.5) is 0 Å². The molecule has 0 aromatic heterocycles. The van der Waals surface area contributed by atoms with Crippen molar-refractivity contribution in [2.75, 3.05) is 12.9 Å². The minimum absolute atomic E-state index is 0.00703. The number of nitrogens with one attached hydrogen (secondary N) is 1. The fourth-order valence-electron chi connectivity index (χ4n) is 1.40. The molecular weight excluding hydrogens is 222 g/mol. The highest BCUT2D eigenvalue weighted by molar-refractivity contribution is 7.98. The predicted octanol–water partition coefficient (Wildman–Crippen LogP) is 1.91. The lowest BCUT2D eigenvalue weighted by Crippen LogP contribution is -2.33. The average Bonchev–Trinajstić information content (AvgIpc) is 2.29. The first-order valence-electron chi connectivity index (χ1n) is 5.23. The smallest absolute Gasteiger partial charge is 0.252 e. The molecule has 0 aliphatic heterocycles. The summed E-state index contributed by atoms with van der Waals surface area (Å²) >= 11 is 1.55. The van der Waals surface area contributed by atoms with E-state index >= 15 is 0 Å². The van der Waals surface area contributed by atoms with Gasteiger partial charge in [-0.1, -0.05) is 12.1 Å². The molecule has 3 nitrogen and oxygen atoms in total. The van der Waals surface area contributed by atoms with Crippen molar-refractivity contribution in [2.45, 2.75) is 24.3 Å². The highest BCUT2D eigenvalue weighted by Gasteiger charge is 2.12. The number of amides is 1. The van der Waals surface area contributed by atoms with E-state index in [1.165, 1.54) is 0 Å². The zero-order valence-corrected chi connectivity index (χ0v) is 10.4. The van der Waals surface area contributed by atoms with Crippen molar-refractivity contribution in [1.29, 1.82) is 0 Å². The maximum absolute atomic E-state index is 11.9. The van der Waals surface area contributed by atoms with Gasteiger partial charge in [-0.2, -0.15) is 0 Å². The number of hydrogen-bond acceptors (Lipinski definition) is 3. The number of aliphatic hydroxyl groups excluding tert-OH is 1. The SMILES string of the molecule is CSc1ccccc1C(=O)NC(C)CCO. The molecular formula is C12H17NO2S. The zero-order valence-electron chi connectivity index (χ0n) is 9.56. The number of thioether (sulfide) groups is 1. The van der Waals surface area contributed by atoms with E-state index < -0.39 is 0 Å². The molecule has 0 radical (unpaired) electrons. The highest BCUT2D eigenvalue weighted by atomic mass is 32.2. The van der Waals surface area contributed by atoms with Gasteiger partial charge in [-0.25, -0.2) is 0 Å². The number of carbonyl (C=O) groups is 1. The second-order valence-electron chi connectivity index (χ2n) is 3.59. The normalized spacial score (nSPS) is 12.2. The van der Waals surface area contributed by atoms with Crippen LogP contribution in [0.25, 0.3) is 0 Å². The van der Waals surface area contributed by atoms with Crippen LogP contribution in [-0.4, -0.2) is 29.9 Å². The molecule has 0 spiro atoms. The third-order valence-corrected chi connectivity index (χ3v) is 3.09. The summed E-state index contributed by atoms with van der Waals surface area (Å²) in [6, 6.07) is 7.50. The van der Waals surface area contributed by atoms with Crippen molar-refractivity contribution in [2.24, 2.45) is 0 Å². The van der Waals surface area contributed by atoms with Gasteiger partial charge in [0, 0.05) is 17.5 Å². The lowest BCUT2D eigenvalue weighted by Gasteiger charge is -2.13. The topological polar surface area (TPSA) is 49.3 Å². The van der Waals surface area contributed by atoms with Gasteiger partial charge < -0.3 is 10.4 Å². The Kier molecular flexibility index (Phi) is 5.35. The van der Waals surface area contributed by atoms with Gasteiger partial charge in [-0.05, 0) is 31.7 Å². The Labute approximate surface area is 100 Å². The minimum Gasteiger partial charge on any atom is -0.396 e. The molecule has 0 fully saturated rings. The Hall–Kier alpha value is -1.00. The highest BCUT2D eigenvalue weighted by Crippen LogP contribution is 2.19. The molecule has 0 heterocycles. The van der Waals surface area contributed by atoms with Crippen LogP contribution in [0.1, 0.15) is 23.7 Å². The van der Waals surface area contributed by atoms with Gasteiger partial charge in [0.2, 0.25) is 0 Å². The van der Waals surface area contributed by atoms with Gasteiger partial charge in [0.05, 0.1) is 5.56 Å². The molecule has 2 N–H and O–H groups in total. The van der Waals surface area contributed by atoms with Gasteiger partial charge in [-0.15, -0.1) is 11.8 Å². The predicted molar refractivity (Wildman–Crippen MR) is 66.9 cm³/mol. The van der Waals surface area contributed by atoms with Gasteiger partial charge >= 0.3 is 0 Å². The fraction of sp³-hybridized carbons (Fsp3) is 0.417. The van der Waals surface area contributed by atoms with Crippen LogP contribution in [-0.2, 0) is 0 Å². The first-order chi connectivity index (χ1) is 7.69. The molecule has 0 saturated carbocycles. The number of aliphatic hydroxyl groups is 1. The summed E-state index contributed by atoms with van der Waals surface area (Å²) in [6.07, 6.45) is 2.52. The van der Waals surface area contributed by atoms with E-state index in [0.29, 0.717) is 12.0 Å². The zero-order chi connectivity index (χ0) is 12.0. The van der Waals surface area contributed by atoms with Crippen LogP contribution < -0.4 is 5.32 Å². The molecule has 16 heavy (non-hydrogen) atoms. The Morgan fingerprint density at radius 3 is 2.81 bits per heavy atom. The van der Waals surface area contributed by atoms with E-state index in [1.807, 2.05) is 37.4 Å². The molecule has 4 heteroatoms. The van der Waals surface area contributed by atoms with Gasteiger partial charge in [0.15, 0.2) is 0 Å². The first kappa shape index (κ1) is 13.1. The molecule has 0 aliphatic rings. The van der Waals surface area contributed by atoms with E-state index in [2.05, 4.69) is 5.32 Å². The molecule has 1 atom stereocenters. The lowest BCUT2D eigenvalue weighted by atomic mass is 10.2. The van der Waals surface area contributed by atoms with Crippen LogP contribution in [0.5, 0.6) is 0 Å². The molecule has 1 aromatic rings. The molecule has 1 unspecified atom stereocenters. The number of carbonyl (C=O) groups excluding carboxylic acids is 1. The first-order valence-corrected chi connectivity index (χ1v) is 6.46. The monoisotopic (exact) mass is 239 g/mol. The summed E-state index contributed by atoms with van der Waals surface area (Å²) in [5.41, 5.74) is 0.694. The van der Waals surface area contributed by atoms with E-state index in [0.717, 1.165) is 4.90 Å². The Balaban J connectivity index is 2.72. The van der Waals surface area contributed by atoms with Crippen LogP contribution in [0.15, 0.2) is 29.2 Å². The maximum Gasteiger partial charge on any atom is 0.252 e. The number of hydrogen-bond donors (Lipinski definition) is 2. The standard InChI is InChI=1S/C12H17NO2S/c1-9(7-8-14)13-12(15)10-5-3-4-6-11(10)16-2/h3-6,9,14H,7-8H2,1-2H3,(H,13,15). The quantitative estimate of drug-likeness (QED) is 0.772. The van der Waals surface area contributed by atoms with Crippen molar-refractivity contribution in [3.05, 3.63) is 29.8 Å². The summed E-state index contributed by atoms with van der Waals surface area (Å²) in [4.78, 5) is 12.9. The third-order valence-electron chi connectivity index (χ3n) is 2.29. The van der Waals surface area contributed by atoms with E-state index in [4.69, 9.17) is 5.11 Å². The van der Waals surface area contributed by atoms with E-state index in [1.54, 1.807) is 11.8 Å². The summed E-state index contributed by atoms with van der Waals surface area (Å²) < 4.78 is 0. The van der Waals surface area contributed by atoms with Crippen LogP contribution >= 0.6 is 11.8 Å². The Morgan fingerprint density at radius 1 is 1.50 bits per heavy atom. The van der Waals surface area contributed by atoms with Crippen LogP contribution in [0.3, 0.4) is 0 Å². The fourth-order valence-corrected chi connectivity index (χ4v) is 1.99. The molecule has 0 saturated heterocycles. The van der Waals surface area contributed by atoms with Gasteiger partial charge in [0.25, 0.3) is 5.91 Å². The number of rotatable bonds is 5. The summed E-state index contributed by atoms with van der Waals surface area (Å²) in [5, 5.41) is 11.6. The van der Waals surface area contributed by atoms with Crippen molar-refractivity contribution in [3.8, 4) is 0 Å². The molecule has 0 bridgehead atoms. The summed E-state index contributed by atoms with van der Waals surface area (Å²) in [5.74, 6) is -0.0779. The Bertz CT molecular complexity index is 355. The van der Waals surface area contributed by atoms with Gasteiger partial charge in [-0.3, -0.25) is 4.79 Å². The third kappa shape index (κ3) is 3.54. The van der Waals surface area contributed by atoms with Crippen molar-refractivity contribution >= 4 is 17.7 Å². The molecule has 1 aromatic carbocycles. The van der Waals surface area contributed by atoms with Crippen LogP contribution in [0, 0.1) is 0 Å².